The number of benzene rings is 4. The lowest BCUT2D eigenvalue weighted by atomic mass is 9.98. The summed E-state index contributed by atoms with van der Waals surface area (Å²) < 4.78 is 11.3. The predicted octanol–water partition coefficient (Wildman–Crippen LogP) is 5.87. The van der Waals surface area contributed by atoms with Gasteiger partial charge in [0.2, 0.25) is 5.91 Å². The van der Waals surface area contributed by atoms with Gasteiger partial charge in [0.15, 0.2) is 0 Å². The predicted molar refractivity (Wildman–Crippen MR) is 163 cm³/mol. The average molecular weight is 575 g/mol. The molecule has 0 unspecified atom stereocenters. The third-order valence-corrected chi connectivity index (χ3v) is 8.25. The van der Waals surface area contributed by atoms with Gasteiger partial charge in [-0.2, -0.15) is 0 Å². The highest BCUT2D eigenvalue weighted by Crippen LogP contribution is 2.44. The number of fused-ring (bicyclic) bond motifs is 3. The van der Waals surface area contributed by atoms with E-state index in [4.69, 9.17) is 9.47 Å². The Morgan fingerprint density at radius 1 is 0.744 bits per heavy atom. The second kappa shape index (κ2) is 12.9. The fourth-order valence-electron chi connectivity index (χ4n) is 6.13. The molecule has 7 nitrogen and oxygen atoms in total. The van der Waals surface area contributed by atoms with Gasteiger partial charge in [-0.3, -0.25) is 4.79 Å². The number of carbonyl (C=O) groups is 3. The van der Waals surface area contributed by atoms with E-state index in [9.17, 15) is 14.4 Å². The molecule has 1 aliphatic heterocycles. The van der Waals surface area contributed by atoms with Crippen molar-refractivity contribution in [2.45, 2.75) is 43.9 Å². The van der Waals surface area contributed by atoms with Crippen LogP contribution in [-0.2, 0) is 32.1 Å². The monoisotopic (exact) mass is 574 g/mol. The minimum absolute atomic E-state index is 0.0937. The van der Waals surface area contributed by atoms with E-state index in [1.807, 2.05) is 84.9 Å². The van der Waals surface area contributed by atoms with Crippen LogP contribution < -0.4 is 5.32 Å². The quantitative estimate of drug-likeness (QED) is 0.253. The summed E-state index contributed by atoms with van der Waals surface area (Å²) in [5, 5.41) is 2.83. The SMILES string of the molecule is O=C(N[C@@H](Cc1ccccc1)C(=O)N1CCC[C@H]1C(=O)OCc1ccccc1)OCC1c2ccccc2-c2ccccc21. The van der Waals surface area contributed by atoms with Crippen molar-refractivity contribution in [2.75, 3.05) is 13.2 Å². The van der Waals surface area contributed by atoms with Crippen LogP contribution in [0.25, 0.3) is 11.1 Å². The number of alkyl carbamates (subject to hydrolysis) is 1. The lowest BCUT2D eigenvalue weighted by molar-refractivity contribution is -0.155. The molecule has 0 bridgehead atoms. The number of esters is 1. The van der Waals surface area contributed by atoms with Gasteiger partial charge >= 0.3 is 12.1 Å². The minimum atomic E-state index is -0.902. The van der Waals surface area contributed by atoms with Crippen molar-refractivity contribution in [1.29, 1.82) is 0 Å². The number of carbonyl (C=O) groups excluding carboxylic acids is 3. The van der Waals surface area contributed by atoms with Gasteiger partial charge in [-0.15, -0.1) is 0 Å². The molecule has 2 aliphatic rings. The van der Waals surface area contributed by atoms with Gasteiger partial charge in [-0.25, -0.2) is 9.59 Å². The topological polar surface area (TPSA) is 84.9 Å². The number of hydrogen-bond acceptors (Lipinski definition) is 5. The molecule has 218 valence electrons. The Bertz CT molecular complexity index is 1540. The Balaban J connectivity index is 1.14. The number of amides is 2. The minimum Gasteiger partial charge on any atom is -0.459 e. The maximum absolute atomic E-state index is 13.9. The van der Waals surface area contributed by atoms with Crippen LogP contribution in [0, 0.1) is 0 Å². The molecule has 1 aliphatic carbocycles. The van der Waals surface area contributed by atoms with Crippen LogP contribution in [0.1, 0.15) is 41.0 Å². The number of rotatable bonds is 9. The van der Waals surface area contributed by atoms with E-state index >= 15 is 0 Å². The van der Waals surface area contributed by atoms with E-state index in [1.54, 1.807) is 4.90 Å². The van der Waals surface area contributed by atoms with E-state index < -0.39 is 24.1 Å². The summed E-state index contributed by atoms with van der Waals surface area (Å²) in [6, 6.07) is 33.7. The molecule has 0 aromatic heterocycles. The summed E-state index contributed by atoms with van der Waals surface area (Å²) >= 11 is 0. The molecule has 43 heavy (non-hydrogen) atoms. The molecule has 0 saturated carbocycles. The molecule has 0 radical (unpaired) electrons. The summed E-state index contributed by atoms with van der Waals surface area (Å²) in [7, 11) is 0. The molecule has 7 heteroatoms. The molecule has 1 N–H and O–H groups in total. The Kier molecular flexibility index (Phi) is 8.50. The van der Waals surface area contributed by atoms with Crippen molar-refractivity contribution in [2.24, 2.45) is 0 Å². The van der Waals surface area contributed by atoms with Crippen molar-refractivity contribution in [3.63, 3.8) is 0 Å². The molecule has 1 heterocycles. The van der Waals surface area contributed by atoms with Crippen LogP contribution in [0.4, 0.5) is 4.79 Å². The fourth-order valence-corrected chi connectivity index (χ4v) is 6.13. The van der Waals surface area contributed by atoms with Crippen molar-refractivity contribution >= 4 is 18.0 Å². The smallest absolute Gasteiger partial charge is 0.407 e. The Hall–Kier alpha value is -4.91. The molecule has 4 aromatic rings. The van der Waals surface area contributed by atoms with Crippen LogP contribution in [0.5, 0.6) is 0 Å². The largest absolute Gasteiger partial charge is 0.459 e. The van der Waals surface area contributed by atoms with Crippen LogP contribution in [0.2, 0.25) is 0 Å². The molecule has 1 fully saturated rings. The standard InChI is InChI=1S/C36H34N2O5/c39-34(38-21-11-20-33(38)35(40)42-23-26-14-5-2-6-15-26)32(22-25-12-3-1-4-13-25)37-36(41)43-24-31-29-18-9-7-16-27(29)28-17-8-10-19-30(28)31/h1-10,12-19,31-33H,11,20-24H2,(H,37,41)/t32-,33-/m0/s1. The third-order valence-electron chi connectivity index (χ3n) is 8.25. The summed E-state index contributed by atoms with van der Waals surface area (Å²) in [6.07, 6.45) is 0.799. The first-order chi connectivity index (χ1) is 21.1. The first-order valence-corrected chi connectivity index (χ1v) is 14.7. The van der Waals surface area contributed by atoms with Crippen LogP contribution in [0.15, 0.2) is 109 Å². The van der Waals surface area contributed by atoms with E-state index in [-0.39, 0.29) is 31.5 Å². The molecule has 6 rings (SSSR count). The highest BCUT2D eigenvalue weighted by molar-refractivity contribution is 5.90. The van der Waals surface area contributed by atoms with E-state index in [0.29, 0.717) is 19.4 Å². The zero-order valence-corrected chi connectivity index (χ0v) is 23.9. The molecule has 0 spiro atoms. The second-order valence-electron chi connectivity index (χ2n) is 11.0. The average Bonchev–Trinajstić information content (AvgIpc) is 3.67. The molecule has 1 saturated heterocycles. The van der Waals surface area contributed by atoms with E-state index in [2.05, 4.69) is 29.6 Å². The van der Waals surface area contributed by atoms with Crippen molar-refractivity contribution < 1.29 is 23.9 Å². The number of nitrogens with zero attached hydrogens (tertiary/aromatic N) is 1. The third kappa shape index (κ3) is 6.31. The Labute approximate surface area is 251 Å². The molecular weight excluding hydrogens is 540 g/mol. The van der Waals surface area contributed by atoms with Crippen molar-refractivity contribution in [1.82, 2.24) is 10.2 Å². The van der Waals surface area contributed by atoms with Crippen LogP contribution in [0.3, 0.4) is 0 Å². The normalized spacial score (nSPS) is 16.2. The van der Waals surface area contributed by atoms with Gasteiger partial charge in [0, 0.05) is 18.9 Å². The highest BCUT2D eigenvalue weighted by Gasteiger charge is 2.39. The highest BCUT2D eigenvalue weighted by atomic mass is 16.5. The Morgan fingerprint density at radius 2 is 1.33 bits per heavy atom. The molecule has 4 aromatic carbocycles. The number of ether oxygens (including phenoxy) is 2. The van der Waals surface area contributed by atoms with E-state index in [1.165, 1.54) is 0 Å². The summed E-state index contributed by atoms with van der Waals surface area (Å²) in [5.74, 6) is -0.852. The molecule has 2 atom stereocenters. The van der Waals surface area contributed by atoms with Gasteiger partial charge in [-0.1, -0.05) is 109 Å². The lowest BCUT2D eigenvalue weighted by Crippen LogP contribution is -2.53. The van der Waals surface area contributed by atoms with Gasteiger partial charge in [0.05, 0.1) is 0 Å². The maximum Gasteiger partial charge on any atom is 0.407 e. The summed E-state index contributed by atoms with van der Waals surface area (Å²) in [6.45, 7) is 0.704. The Morgan fingerprint density at radius 3 is 1.98 bits per heavy atom. The first kappa shape index (κ1) is 28.2. The van der Waals surface area contributed by atoms with Crippen LogP contribution in [-0.4, -0.2) is 48.1 Å². The number of nitrogens with one attached hydrogen (secondary N) is 1. The van der Waals surface area contributed by atoms with Crippen LogP contribution >= 0.6 is 0 Å². The van der Waals surface area contributed by atoms with Gasteiger partial charge in [0.1, 0.15) is 25.3 Å². The van der Waals surface area contributed by atoms with Crippen molar-refractivity contribution in [3.05, 3.63) is 131 Å². The fraction of sp³-hybridized carbons (Fsp3) is 0.250. The lowest BCUT2D eigenvalue weighted by Gasteiger charge is -2.28. The molecular formula is C36H34N2O5. The number of likely N-dealkylation sites (tertiary alicyclic amines) is 1. The van der Waals surface area contributed by atoms with Gasteiger partial charge in [0.25, 0.3) is 0 Å². The summed E-state index contributed by atoms with van der Waals surface area (Å²) in [5.41, 5.74) is 6.28. The number of hydrogen-bond donors (Lipinski definition) is 1. The first-order valence-electron chi connectivity index (χ1n) is 14.7. The van der Waals surface area contributed by atoms with Gasteiger partial charge < -0.3 is 19.7 Å². The van der Waals surface area contributed by atoms with Gasteiger partial charge in [-0.05, 0) is 46.2 Å². The van der Waals surface area contributed by atoms with E-state index in [0.717, 1.165) is 33.4 Å². The zero-order chi connectivity index (χ0) is 29.6. The second-order valence-corrected chi connectivity index (χ2v) is 11.0. The zero-order valence-electron chi connectivity index (χ0n) is 23.9. The maximum atomic E-state index is 13.9. The van der Waals surface area contributed by atoms with Crippen molar-refractivity contribution in [3.8, 4) is 11.1 Å². The summed E-state index contributed by atoms with van der Waals surface area (Å²) in [4.78, 5) is 41.7. The molecule has 2 amide bonds.